The summed E-state index contributed by atoms with van der Waals surface area (Å²) in [5.74, 6) is 0.593. The number of hydrogen-bond donors (Lipinski definition) is 3. The number of aromatic amines is 1. The topological polar surface area (TPSA) is 83.8 Å². The molecule has 0 unspecified atom stereocenters. The Morgan fingerprint density at radius 2 is 2.33 bits per heavy atom. The van der Waals surface area contributed by atoms with Crippen LogP contribution in [0.15, 0.2) is 30.6 Å². The Morgan fingerprint density at radius 1 is 1.50 bits per heavy atom. The summed E-state index contributed by atoms with van der Waals surface area (Å²) in [7, 11) is 0. The molecule has 0 bridgehead atoms. The number of H-pyrrole nitrogens is 1. The summed E-state index contributed by atoms with van der Waals surface area (Å²) in [6, 6.07) is 4.82. The van der Waals surface area contributed by atoms with Crippen molar-refractivity contribution in [3.8, 4) is 0 Å². The molecule has 0 spiro atoms. The standard InChI is InChI=1S/C12H13ClN4O/c13-8-1-2-10(14)9(7-8)12(18)17-4-3-11-15-5-6-16-11/h1-2,5-7H,3-4,14H2,(H,15,16)(H,17,18). The molecule has 94 valence electrons. The Hall–Kier alpha value is -2.01. The minimum Gasteiger partial charge on any atom is -0.398 e. The Kier molecular flexibility index (Phi) is 3.84. The molecule has 0 aliphatic rings. The van der Waals surface area contributed by atoms with Crippen LogP contribution in [0.3, 0.4) is 0 Å². The van der Waals surface area contributed by atoms with Gasteiger partial charge in [-0.1, -0.05) is 11.6 Å². The zero-order chi connectivity index (χ0) is 13.0. The van der Waals surface area contributed by atoms with Gasteiger partial charge in [0.05, 0.1) is 5.56 Å². The van der Waals surface area contributed by atoms with E-state index >= 15 is 0 Å². The molecule has 18 heavy (non-hydrogen) atoms. The minimum atomic E-state index is -0.235. The number of benzene rings is 1. The van der Waals surface area contributed by atoms with E-state index in [0.717, 1.165) is 5.82 Å². The number of rotatable bonds is 4. The number of nitrogens with two attached hydrogens (primary N) is 1. The Bertz CT molecular complexity index is 539. The highest BCUT2D eigenvalue weighted by Crippen LogP contribution is 2.17. The predicted molar refractivity (Wildman–Crippen MR) is 70.5 cm³/mol. The van der Waals surface area contributed by atoms with Gasteiger partial charge in [0.15, 0.2) is 0 Å². The average molecular weight is 265 g/mol. The van der Waals surface area contributed by atoms with Crippen LogP contribution in [0.5, 0.6) is 0 Å². The summed E-state index contributed by atoms with van der Waals surface area (Å²) in [6.45, 7) is 0.484. The van der Waals surface area contributed by atoms with E-state index in [-0.39, 0.29) is 5.91 Å². The van der Waals surface area contributed by atoms with Crippen LogP contribution in [-0.2, 0) is 6.42 Å². The number of nitrogen functional groups attached to an aromatic ring is 1. The first-order chi connectivity index (χ1) is 8.66. The summed E-state index contributed by atoms with van der Waals surface area (Å²) in [5, 5.41) is 3.25. The Balaban J connectivity index is 1.93. The highest BCUT2D eigenvalue weighted by molar-refractivity contribution is 6.31. The first kappa shape index (κ1) is 12.4. The molecule has 1 heterocycles. The van der Waals surface area contributed by atoms with Crippen molar-refractivity contribution in [2.45, 2.75) is 6.42 Å². The number of carbonyl (C=O) groups excluding carboxylic acids is 1. The highest BCUT2D eigenvalue weighted by Gasteiger charge is 2.09. The van der Waals surface area contributed by atoms with Gasteiger partial charge in [-0.2, -0.15) is 0 Å². The van der Waals surface area contributed by atoms with Crippen molar-refractivity contribution in [2.24, 2.45) is 0 Å². The normalized spacial score (nSPS) is 10.3. The second-order valence-corrected chi connectivity index (χ2v) is 4.21. The lowest BCUT2D eigenvalue weighted by Gasteiger charge is -2.07. The summed E-state index contributed by atoms with van der Waals surface area (Å²) in [6.07, 6.45) is 4.05. The summed E-state index contributed by atoms with van der Waals surface area (Å²) in [4.78, 5) is 18.9. The number of hydrogen-bond acceptors (Lipinski definition) is 3. The van der Waals surface area contributed by atoms with Gasteiger partial charge in [0, 0.05) is 36.1 Å². The number of amides is 1. The van der Waals surface area contributed by atoms with Crippen LogP contribution in [0.1, 0.15) is 16.2 Å². The molecule has 6 heteroatoms. The number of nitrogens with one attached hydrogen (secondary N) is 2. The van der Waals surface area contributed by atoms with E-state index in [1.807, 2.05) is 0 Å². The van der Waals surface area contributed by atoms with Gasteiger partial charge in [0.2, 0.25) is 0 Å². The molecule has 1 aromatic heterocycles. The molecule has 0 saturated heterocycles. The third-order valence-corrected chi connectivity index (χ3v) is 2.70. The number of imidazole rings is 1. The first-order valence-corrected chi connectivity index (χ1v) is 5.86. The molecule has 0 aliphatic carbocycles. The lowest BCUT2D eigenvalue weighted by molar-refractivity contribution is 0.0955. The second kappa shape index (κ2) is 5.55. The van der Waals surface area contributed by atoms with E-state index in [4.69, 9.17) is 17.3 Å². The van der Waals surface area contributed by atoms with Gasteiger partial charge in [-0.3, -0.25) is 4.79 Å². The molecule has 1 aromatic carbocycles. The van der Waals surface area contributed by atoms with Gasteiger partial charge in [0.1, 0.15) is 5.82 Å². The molecular weight excluding hydrogens is 252 g/mol. The fourth-order valence-corrected chi connectivity index (χ4v) is 1.72. The van der Waals surface area contributed by atoms with E-state index in [1.165, 1.54) is 0 Å². The summed E-state index contributed by atoms with van der Waals surface area (Å²) >= 11 is 5.83. The fourth-order valence-electron chi connectivity index (χ4n) is 1.55. The molecule has 2 aromatic rings. The maximum atomic E-state index is 11.9. The van der Waals surface area contributed by atoms with Crippen molar-refractivity contribution < 1.29 is 4.79 Å². The van der Waals surface area contributed by atoms with Crippen LogP contribution in [0, 0.1) is 0 Å². The molecule has 0 radical (unpaired) electrons. The largest absolute Gasteiger partial charge is 0.398 e. The Morgan fingerprint density at radius 3 is 3.06 bits per heavy atom. The first-order valence-electron chi connectivity index (χ1n) is 5.48. The maximum absolute atomic E-state index is 11.9. The zero-order valence-corrected chi connectivity index (χ0v) is 10.4. The lowest BCUT2D eigenvalue weighted by atomic mass is 10.1. The van der Waals surface area contributed by atoms with Crippen LogP contribution in [0.2, 0.25) is 5.02 Å². The number of carbonyl (C=O) groups is 1. The quantitative estimate of drug-likeness (QED) is 0.734. The van der Waals surface area contributed by atoms with Crippen LogP contribution < -0.4 is 11.1 Å². The van der Waals surface area contributed by atoms with E-state index < -0.39 is 0 Å². The third kappa shape index (κ3) is 3.01. The monoisotopic (exact) mass is 264 g/mol. The molecule has 5 nitrogen and oxygen atoms in total. The number of anilines is 1. The fraction of sp³-hybridized carbons (Fsp3) is 0.167. The van der Waals surface area contributed by atoms with Crippen molar-refractivity contribution in [2.75, 3.05) is 12.3 Å². The van der Waals surface area contributed by atoms with E-state index in [0.29, 0.717) is 29.2 Å². The molecule has 1 amide bonds. The molecular formula is C12H13ClN4O. The van der Waals surface area contributed by atoms with Gasteiger partial charge in [0.25, 0.3) is 5.91 Å². The predicted octanol–water partition coefficient (Wildman–Crippen LogP) is 1.62. The van der Waals surface area contributed by atoms with Gasteiger partial charge in [-0.05, 0) is 18.2 Å². The van der Waals surface area contributed by atoms with E-state index in [1.54, 1.807) is 30.6 Å². The zero-order valence-electron chi connectivity index (χ0n) is 9.61. The van der Waals surface area contributed by atoms with Crippen LogP contribution >= 0.6 is 11.6 Å². The average Bonchev–Trinajstić information content (AvgIpc) is 2.85. The van der Waals surface area contributed by atoms with Gasteiger partial charge >= 0.3 is 0 Å². The van der Waals surface area contributed by atoms with Gasteiger partial charge < -0.3 is 16.0 Å². The van der Waals surface area contributed by atoms with Crippen LogP contribution in [0.25, 0.3) is 0 Å². The molecule has 0 aliphatic heterocycles. The van der Waals surface area contributed by atoms with Crippen LogP contribution in [0.4, 0.5) is 5.69 Å². The Labute approximate surface area is 109 Å². The number of aromatic nitrogens is 2. The number of halogens is 1. The summed E-state index contributed by atoms with van der Waals surface area (Å²) < 4.78 is 0. The minimum absolute atomic E-state index is 0.235. The molecule has 2 rings (SSSR count). The van der Waals surface area contributed by atoms with Gasteiger partial charge in [-0.25, -0.2) is 4.98 Å². The SMILES string of the molecule is Nc1ccc(Cl)cc1C(=O)NCCc1ncc[nH]1. The van der Waals surface area contributed by atoms with Crippen molar-refractivity contribution >= 4 is 23.2 Å². The van der Waals surface area contributed by atoms with Crippen molar-refractivity contribution in [1.82, 2.24) is 15.3 Å². The molecule has 4 N–H and O–H groups in total. The third-order valence-electron chi connectivity index (χ3n) is 2.46. The molecule has 0 atom stereocenters. The van der Waals surface area contributed by atoms with Crippen molar-refractivity contribution in [3.05, 3.63) is 47.0 Å². The van der Waals surface area contributed by atoms with E-state index in [9.17, 15) is 4.79 Å². The highest BCUT2D eigenvalue weighted by atomic mass is 35.5. The van der Waals surface area contributed by atoms with Gasteiger partial charge in [-0.15, -0.1) is 0 Å². The molecule has 0 saturated carbocycles. The van der Waals surface area contributed by atoms with E-state index in [2.05, 4.69) is 15.3 Å². The smallest absolute Gasteiger partial charge is 0.253 e. The number of nitrogens with zero attached hydrogens (tertiary/aromatic N) is 1. The molecule has 0 fully saturated rings. The van der Waals surface area contributed by atoms with Crippen molar-refractivity contribution in [1.29, 1.82) is 0 Å². The lowest BCUT2D eigenvalue weighted by Crippen LogP contribution is -2.26. The summed E-state index contributed by atoms with van der Waals surface area (Å²) in [5.41, 5.74) is 6.52. The van der Waals surface area contributed by atoms with Crippen molar-refractivity contribution in [3.63, 3.8) is 0 Å². The second-order valence-electron chi connectivity index (χ2n) is 3.77. The van der Waals surface area contributed by atoms with Crippen LogP contribution in [-0.4, -0.2) is 22.4 Å². The maximum Gasteiger partial charge on any atom is 0.253 e.